The number of nitrogens with two attached hydrogens (primary N) is 2. The van der Waals surface area contributed by atoms with E-state index in [1.807, 2.05) is 0 Å². The molecule has 9 nitrogen and oxygen atoms in total. The van der Waals surface area contributed by atoms with Gasteiger partial charge in [0.05, 0.1) is 5.69 Å². The molecule has 1 saturated heterocycles. The third-order valence-electron chi connectivity index (χ3n) is 5.60. The summed E-state index contributed by atoms with van der Waals surface area (Å²) in [7, 11) is 0. The van der Waals surface area contributed by atoms with E-state index < -0.39 is 35.9 Å². The highest BCUT2D eigenvalue weighted by molar-refractivity contribution is 5.82. The van der Waals surface area contributed by atoms with Crippen LogP contribution in [0.25, 0.3) is 0 Å². The van der Waals surface area contributed by atoms with E-state index in [4.69, 9.17) is 16.2 Å². The molecule has 33 heavy (non-hydrogen) atoms. The number of halogens is 3. The molecule has 0 radical (unpaired) electrons. The molecule has 2 aliphatic rings. The zero-order valence-corrected chi connectivity index (χ0v) is 17.4. The fourth-order valence-electron chi connectivity index (χ4n) is 3.83. The molecule has 4 rings (SSSR count). The topological polar surface area (TPSA) is 132 Å². The molecule has 2 aromatic rings. The van der Waals surface area contributed by atoms with Crippen molar-refractivity contribution in [3.05, 3.63) is 64.1 Å². The Kier molecular flexibility index (Phi) is 6.23. The zero-order valence-electron chi connectivity index (χ0n) is 17.4. The molecule has 0 unspecified atom stereocenters. The van der Waals surface area contributed by atoms with Gasteiger partial charge in [0.25, 0.3) is 0 Å². The third-order valence-corrected chi connectivity index (χ3v) is 5.60. The van der Waals surface area contributed by atoms with Crippen LogP contribution in [-0.4, -0.2) is 63.5 Å². The summed E-state index contributed by atoms with van der Waals surface area (Å²) < 4.78 is 48.9. The normalized spacial score (nSPS) is 25.8. The molecule has 0 aliphatic carbocycles. The van der Waals surface area contributed by atoms with Crippen LogP contribution in [0.1, 0.15) is 12.6 Å². The molecule has 0 spiro atoms. The van der Waals surface area contributed by atoms with E-state index in [0.717, 1.165) is 6.20 Å². The number of nitrogens with zero attached hydrogens (tertiary/aromatic N) is 4. The second-order valence-electron chi connectivity index (χ2n) is 7.96. The Labute approximate surface area is 186 Å². The molecule has 2 aliphatic heterocycles. The summed E-state index contributed by atoms with van der Waals surface area (Å²) in [6, 6.07) is 6.94. The lowest BCUT2D eigenvalue weighted by atomic mass is 10.0. The molecule has 3 heterocycles. The number of ether oxygens (including phenoxy) is 1. The molecule has 0 amide bonds. The first-order valence-corrected chi connectivity index (χ1v) is 10.2. The van der Waals surface area contributed by atoms with Gasteiger partial charge in [-0.3, -0.25) is 14.5 Å². The maximum absolute atomic E-state index is 14.8. The van der Waals surface area contributed by atoms with Gasteiger partial charge in [0.1, 0.15) is 23.8 Å². The summed E-state index contributed by atoms with van der Waals surface area (Å²) in [5, 5.41) is 10.3. The molecule has 176 valence electrons. The van der Waals surface area contributed by atoms with Crippen LogP contribution in [0.3, 0.4) is 0 Å². The molecule has 1 aromatic heterocycles. The highest BCUT2D eigenvalue weighted by Crippen LogP contribution is 2.42. The fraction of sp³-hybridized carbons (Fsp3) is 0.381. The average molecular weight is 464 g/mol. The van der Waals surface area contributed by atoms with E-state index in [1.165, 1.54) is 30.5 Å². The van der Waals surface area contributed by atoms with Gasteiger partial charge in [0.15, 0.2) is 0 Å². The molecule has 12 heteroatoms. The summed E-state index contributed by atoms with van der Waals surface area (Å²) in [4.78, 5) is 21.5. The number of aliphatic hydroxyl groups excluding tert-OH is 1. The fourth-order valence-corrected chi connectivity index (χ4v) is 3.83. The van der Waals surface area contributed by atoms with Crippen LogP contribution >= 0.6 is 0 Å². The Balaban J connectivity index is 1.47. The van der Waals surface area contributed by atoms with Gasteiger partial charge in [0, 0.05) is 49.7 Å². The van der Waals surface area contributed by atoms with Crippen molar-refractivity contribution >= 4 is 17.7 Å². The van der Waals surface area contributed by atoms with Gasteiger partial charge in [-0.2, -0.15) is 13.8 Å². The molecule has 0 bridgehead atoms. The Morgan fingerprint density at radius 1 is 1.33 bits per heavy atom. The van der Waals surface area contributed by atoms with Crippen LogP contribution in [0.2, 0.25) is 0 Å². The number of hydrogen-bond acceptors (Lipinski definition) is 8. The van der Waals surface area contributed by atoms with Crippen molar-refractivity contribution in [2.75, 3.05) is 25.4 Å². The van der Waals surface area contributed by atoms with Gasteiger partial charge in [0.2, 0.25) is 6.23 Å². The average Bonchev–Trinajstić information content (AvgIpc) is 2.98. The van der Waals surface area contributed by atoms with Crippen molar-refractivity contribution in [1.29, 1.82) is 0 Å². The van der Waals surface area contributed by atoms with Crippen LogP contribution in [0.15, 0.2) is 57.6 Å². The summed E-state index contributed by atoms with van der Waals surface area (Å²) in [5.74, 6) is -4.26. The Morgan fingerprint density at radius 3 is 2.85 bits per heavy atom. The number of nitrogen functional groups attached to an aromatic ring is 1. The van der Waals surface area contributed by atoms with Gasteiger partial charge < -0.3 is 21.3 Å². The highest BCUT2D eigenvalue weighted by Gasteiger charge is 2.59. The number of rotatable bonds is 5. The summed E-state index contributed by atoms with van der Waals surface area (Å²) >= 11 is 0. The van der Waals surface area contributed by atoms with Crippen molar-refractivity contribution in [3.63, 3.8) is 0 Å². The lowest BCUT2D eigenvalue weighted by Gasteiger charge is -2.30. The Bertz CT molecular complexity index is 1150. The minimum absolute atomic E-state index is 0.0327. The number of benzene rings is 1. The number of aromatic nitrogens is 2. The molecule has 1 fully saturated rings. The number of alkyl halides is 2. The summed E-state index contributed by atoms with van der Waals surface area (Å²) in [6.45, 7) is 0.696. The van der Waals surface area contributed by atoms with Gasteiger partial charge in [-0.05, 0) is 24.3 Å². The monoisotopic (exact) mass is 464 g/mol. The largest absolute Gasteiger partial charge is 0.402 e. The predicted octanol–water partition coefficient (Wildman–Crippen LogP) is 1.18. The van der Waals surface area contributed by atoms with Crippen molar-refractivity contribution in [3.8, 4) is 0 Å². The first-order chi connectivity index (χ1) is 15.6. The van der Waals surface area contributed by atoms with Crippen molar-refractivity contribution < 1.29 is 23.0 Å². The van der Waals surface area contributed by atoms with Crippen molar-refractivity contribution in [2.24, 2.45) is 10.7 Å². The maximum Gasteiger partial charge on any atom is 0.351 e. The van der Waals surface area contributed by atoms with Crippen LogP contribution < -0.4 is 17.2 Å². The van der Waals surface area contributed by atoms with Gasteiger partial charge in [-0.25, -0.2) is 9.18 Å². The second-order valence-corrected chi connectivity index (χ2v) is 7.96. The van der Waals surface area contributed by atoms with E-state index >= 15 is 0 Å². The van der Waals surface area contributed by atoms with Gasteiger partial charge in [-0.15, -0.1) is 0 Å². The number of anilines is 1. The molecular weight excluding hydrogens is 441 g/mol. The predicted molar refractivity (Wildman–Crippen MR) is 115 cm³/mol. The van der Waals surface area contributed by atoms with E-state index in [1.54, 1.807) is 11.0 Å². The standard InChI is InChI=1S/C21H23F3N6O3/c22-13-2-1-3-14(8-13)27-9-12-10-29(6-4-15(12)25)11-16-18(31)21(23,24)19(33-16)30-7-5-17(26)28-20(30)32/h1-3,5,7-9,16,18-19,31H,4,6,10-11,25H2,(H2,26,28,32)/t16-,18-,19-/m1/s1. The molecular formula is C21H23F3N6O3. The zero-order chi connectivity index (χ0) is 23.8. The second kappa shape index (κ2) is 8.96. The van der Waals surface area contributed by atoms with Crippen LogP contribution in [0.5, 0.6) is 0 Å². The Hall–Kier alpha value is -3.22. The molecule has 1 aromatic carbocycles. The molecule has 5 N–H and O–H groups in total. The smallest absolute Gasteiger partial charge is 0.351 e. The van der Waals surface area contributed by atoms with Crippen molar-refractivity contribution in [2.45, 2.75) is 30.8 Å². The van der Waals surface area contributed by atoms with Crippen LogP contribution in [-0.2, 0) is 4.74 Å². The molecule has 0 saturated carbocycles. The summed E-state index contributed by atoms with van der Waals surface area (Å²) in [5.41, 5.74) is 12.1. The number of aliphatic hydroxyl groups is 1. The summed E-state index contributed by atoms with van der Waals surface area (Å²) in [6.07, 6.45) is -2.40. The quantitative estimate of drug-likeness (QED) is 0.566. The van der Waals surface area contributed by atoms with Crippen molar-refractivity contribution in [1.82, 2.24) is 14.5 Å². The van der Waals surface area contributed by atoms with Crippen LogP contribution in [0, 0.1) is 5.82 Å². The lowest BCUT2D eigenvalue weighted by molar-refractivity contribution is -0.140. The molecule has 3 atom stereocenters. The van der Waals surface area contributed by atoms with E-state index in [0.29, 0.717) is 34.5 Å². The number of hydrogen-bond donors (Lipinski definition) is 3. The number of aliphatic imine (C=N–C) groups is 1. The van der Waals surface area contributed by atoms with E-state index in [-0.39, 0.29) is 18.9 Å². The first-order valence-electron chi connectivity index (χ1n) is 10.2. The lowest BCUT2D eigenvalue weighted by Crippen LogP contribution is -2.45. The Morgan fingerprint density at radius 2 is 2.12 bits per heavy atom. The maximum atomic E-state index is 14.8. The van der Waals surface area contributed by atoms with Gasteiger partial charge in [-0.1, -0.05) is 6.07 Å². The minimum Gasteiger partial charge on any atom is -0.402 e. The third kappa shape index (κ3) is 4.77. The van der Waals surface area contributed by atoms with E-state index in [9.17, 15) is 23.1 Å². The SMILES string of the molecule is NC1=C(C=Nc2cccc(F)c2)CN(C[C@H]2O[C@@H](n3ccc(N)nc3=O)C(F)(F)[C@@H]2O)CC1. The highest BCUT2D eigenvalue weighted by atomic mass is 19.3. The minimum atomic E-state index is -3.72. The van der Waals surface area contributed by atoms with Crippen LogP contribution in [0.4, 0.5) is 24.7 Å². The van der Waals surface area contributed by atoms with Gasteiger partial charge >= 0.3 is 11.6 Å². The first kappa shape index (κ1) is 23.0. The van der Waals surface area contributed by atoms with E-state index in [2.05, 4.69) is 9.98 Å².